The highest BCUT2D eigenvalue weighted by molar-refractivity contribution is 8.76. The fourth-order valence-corrected chi connectivity index (χ4v) is 2.99. The van der Waals surface area contributed by atoms with Gasteiger partial charge < -0.3 is 20.7 Å². The van der Waals surface area contributed by atoms with Crippen LogP contribution in [0.2, 0.25) is 0 Å². The molecule has 22 heavy (non-hydrogen) atoms. The zero-order valence-electron chi connectivity index (χ0n) is 13.7. The van der Waals surface area contributed by atoms with Crippen LogP contribution in [0.15, 0.2) is 0 Å². The van der Waals surface area contributed by atoms with E-state index in [1.54, 1.807) is 10.8 Å². The number of urea groups is 1. The summed E-state index contributed by atoms with van der Waals surface area (Å²) in [5.41, 5.74) is 0. The van der Waals surface area contributed by atoms with E-state index >= 15 is 0 Å². The summed E-state index contributed by atoms with van der Waals surface area (Å²) in [4.78, 5) is 11.4. The first kappa shape index (κ1) is 21.4. The van der Waals surface area contributed by atoms with Crippen LogP contribution >= 0.6 is 21.6 Å². The molecule has 7 heteroatoms. The Hall–Kier alpha value is -0.550. The number of rotatable bonds is 13. The molecule has 0 aromatic carbocycles. The van der Waals surface area contributed by atoms with Crippen molar-refractivity contribution in [3.8, 4) is 11.8 Å². The maximum Gasteiger partial charge on any atom is 0.315 e. The molecule has 0 fully saturated rings. The van der Waals surface area contributed by atoms with Gasteiger partial charge in [-0.25, -0.2) is 4.79 Å². The smallest absolute Gasteiger partial charge is 0.315 e. The Morgan fingerprint density at radius 3 is 2.73 bits per heavy atom. The lowest BCUT2D eigenvalue weighted by Crippen LogP contribution is -2.36. The van der Waals surface area contributed by atoms with Crippen LogP contribution in [0.3, 0.4) is 0 Å². The molecule has 0 radical (unpaired) electrons. The van der Waals surface area contributed by atoms with Crippen LogP contribution in [0.4, 0.5) is 4.79 Å². The average Bonchev–Trinajstić information content (AvgIpc) is 2.52. The summed E-state index contributed by atoms with van der Waals surface area (Å²) in [6.45, 7) is 7.99. The van der Waals surface area contributed by atoms with E-state index in [0.29, 0.717) is 13.1 Å². The molecule has 0 saturated heterocycles. The minimum absolute atomic E-state index is 0.154. The third-order valence-corrected chi connectivity index (χ3v) is 4.56. The van der Waals surface area contributed by atoms with Crippen molar-refractivity contribution < 1.29 is 9.53 Å². The fourth-order valence-electron chi connectivity index (χ4n) is 1.38. The zero-order valence-corrected chi connectivity index (χ0v) is 15.3. The Balaban J connectivity index is 3.15. The number of carbonyl (C=O) groups is 1. The molecule has 0 aromatic heterocycles. The number of carbonyl (C=O) groups excluding carboxylic acids is 1. The maximum absolute atomic E-state index is 11.4. The quantitative estimate of drug-likeness (QED) is 0.207. The Labute approximate surface area is 142 Å². The number of amides is 2. The molecular formula is C15H29N3O2S2. The lowest BCUT2D eigenvalue weighted by atomic mass is 10.3. The van der Waals surface area contributed by atoms with Crippen LogP contribution in [0.5, 0.6) is 0 Å². The molecule has 0 bridgehead atoms. The van der Waals surface area contributed by atoms with Crippen molar-refractivity contribution in [2.24, 2.45) is 0 Å². The van der Waals surface area contributed by atoms with Crippen LogP contribution in [-0.2, 0) is 4.74 Å². The van der Waals surface area contributed by atoms with Crippen LogP contribution < -0.4 is 16.0 Å². The van der Waals surface area contributed by atoms with Crippen molar-refractivity contribution >= 4 is 27.6 Å². The fraction of sp³-hybridized carbons (Fsp3) is 0.800. The lowest BCUT2D eigenvalue weighted by molar-refractivity contribution is 0.178. The molecule has 0 aliphatic carbocycles. The van der Waals surface area contributed by atoms with E-state index < -0.39 is 0 Å². The minimum atomic E-state index is -0.154. The second kappa shape index (κ2) is 18.5. The van der Waals surface area contributed by atoms with Gasteiger partial charge in [-0.1, -0.05) is 41.4 Å². The number of nitrogens with one attached hydrogen (secondary N) is 3. The SMILES string of the molecule is CCC#CCNC(=O)NCCCCOCSSCCNCC. The van der Waals surface area contributed by atoms with Crippen LogP contribution in [0.25, 0.3) is 0 Å². The first-order valence-electron chi connectivity index (χ1n) is 7.81. The summed E-state index contributed by atoms with van der Waals surface area (Å²) in [6.07, 6.45) is 2.69. The average molecular weight is 348 g/mol. The van der Waals surface area contributed by atoms with Gasteiger partial charge in [0, 0.05) is 31.9 Å². The van der Waals surface area contributed by atoms with Gasteiger partial charge in [0.15, 0.2) is 0 Å². The Kier molecular flexibility index (Phi) is 18.0. The lowest BCUT2D eigenvalue weighted by Gasteiger charge is -2.06. The highest BCUT2D eigenvalue weighted by atomic mass is 33.1. The van der Waals surface area contributed by atoms with Crippen molar-refractivity contribution in [1.82, 2.24) is 16.0 Å². The topological polar surface area (TPSA) is 62.4 Å². The number of hydrogen-bond acceptors (Lipinski definition) is 5. The summed E-state index contributed by atoms with van der Waals surface area (Å²) in [5.74, 6) is 7.59. The van der Waals surface area contributed by atoms with Crippen LogP contribution in [0, 0.1) is 11.8 Å². The van der Waals surface area contributed by atoms with Crippen molar-refractivity contribution in [1.29, 1.82) is 0 Å². The van der Waals surface area contributed by atoms with Gasteiger partial charge >= 0.3 is 6.03 Å². The van der Waals surface area contributed by atoms with Crippen molar-refractivity contribution in [3.63, 3.8) is 0 Å². The number of hydrogen-bond donors (Lipinski definition) is 3. The van der Waals surface area contributed by atoms with Crippen molar-refractivity contribution in [3.05, 3.63) is 0 Å². The number of ether oxygens (including phenoxy) is 1. The molecular weight excluding hydrogens is 318 g/mol. The molecule has 0 rings (SSSR count). The molecule has 0 aromatic rings. The first-order valence-corrected chi connectivity index (χ1v) is 10.3. The molecule has 0 heterocycles. The predicted molar refractivity (Wildman–Crippen MR) is 98.1 cm³/mol. The van der Waals surface area contributed by atoms with E-state index in [0.717, 1.165) is 50.7 Å². The molecule has 3 N–H and O–H groups in total. The van der Waals surface area contributed by atoms with E-state index in [4.69, 9.17) is 4.74 Å². The molecule has 5 nitrogen and oxygen atoms in total. The zero-order chi connectivity index (χ0) is 16.3. The number of unbranched alkanes of at least 4 members (excludes halogenated alkanes) is 1. The second-order valence-corrected chi connectivity index (χ2v) is 6.87. The Morgan fingerprint density at radius 2 is 1.95 bits per heavy atom. The van der Waals surface area contributed by atoms with Gasteiger partial charge in [-0.05, 0) is 19.4 Å². The monoisotopic (exact) mass is 347 g/mol. The van der Waals surface area contributed by atoms with E-state index in [1.807, 2.05) is 17.7 Å². The standard InChI is InChI=1S/C15H29N3O2S2/c1-3-5-6-9-17-15(19)18-10-7-8-12-20-14-22-21-13-11-16-4-2/h16H,3-4,7-14H2,1-2H3,(H2,17,18,19). The Bertz CT molecular complexity index is 320. The van der Waals surface area contributed by atoms with Crippen molar-refractivity contribution in [2.75, 3.05) is 44.5 Å². The molecule has 0 aliphatic rings. The van der Waals surface area contributed by atoms with E-state index in [2.05, 4.69) is 34.7 Å². The molecule has 0 saturated carbocycles. The van der Waals surface area contributed by atoms with E-state index in [-0.39, 0.29) is 6.03 Å². The maximum atomic E-state index is 11.4. The third-order valence-electron chi connectivity index (χ3n) is 2.47. The minimum Gasteiger partial charge on any atom is -0.370 e. The third kappa shape index (κ3) is 17.5. The van der Waals surface area contributed by atoms with Crippen LogP contribution in [0.1, 0.15) is 33.1 Å². The molecule has 128 valence electrons. The summed E-state index contributed by atoms with van der Waals surface area (Å²) in [6, 6.07) is -0.154. The molecule has 0 unspecified atom stereocenters. The predicted octanol–water partition coefficient (Wildman–Crippen LogP) is 2.44. The van der Waals surface area contributed by atoms with Gasteiger partial charge in [-0.3, -0.25) is 0 Å². The largest absolute Gasteiger partial charge is 0.370 e. The second-order valence-electron chi connectivity index (χ2n) is 4.34. The van der Waals surface area contributed by atoms with Crippen molar-refractivity contribution in [2.45, 2.75) is 33.1 Å². The Morgan fingerprint density at radius 1 is 1.09 bits per heavy atom. The molecule has 0 atom stereocenters. The van der Waals surface area contributed by atoms with Crippen LogP contribution in [-0.4, -0.2) is 50.5 Å². The summed E-state index contributed by atoms with van der Waals surface area (Å²) >= 11 is 0. The normalized spacial score (nSPS) is 9.91. The highest BCUT2D eigenvalue weighted by Gasteiger charge is 1.97. The van der Waals surface area contributed by atoms with Gasteiger partial charge in [0.2, 0.25) is 0 Å². The molecule has 0 aliphatic heterocycles. The summed E-state index contributed by atoms with van der Waals surface area (Å²) in [5, 5.41) is 8.77. The summed E-state index contributed by atoms with van der Waals surface area (Å²) in [7, 11) is 3.58. The van der Waals surface area contributed by atoms with Gasteiger partial charge in [-0.2, -0.15) is 0 Å². The van der Waals surface area contributed by atoms with Gasteiger partial charge in [0.05, 0.1) is 6.54 Å². The van der Waals surface area contributed by atoms with E-state index in [9.17, 15) is 4.79 Å². The first-order chi connectivity index (χ1) is 10.8. The summed E-state index contributed by atoms with van der Waals surface area (Å²) < 4.78 is 5.51. The van der Waals surface area contributed by atoms with E-state index in [1.165, 1.54) is 0 Å². The molecule has 2 amide bonds. The van der Waals surface area contributed by atoms with Gasteiger partial charge in [0.1, 0.15) is 5.94 Å². The molecule has 0 spiro atoms. The van der Waals surface area contributed by atoms with Gasteiger partial charge in [-0.15, -0.1) is 5.92 Å². The highest BCUT2D eigenvalue weighted by Crippen LogP contribution is 2.20. The van der Waals surface area contributed by atoms with Gasteiger partial charge in [0.25, 0.3) is 0 Å².